The fourth-order valence-corrected chi connectivity index (χ4v) is 2.22. The van der Waals surface area contributed by atoms with Crippen molar-refractivity contribution in [3.63, 3.8) is 0 Å². The van der Waals surface area contributed by atoms with E-state index in [1.54, 1.807) is 0 Å². The third-order valence-electron chi connectivity index (χ3n) is 2.96. The van der Waals surface area contributed by atoms with Crippen LogP contribution in [0.4, 0.5) is 5.82 Å². The molecule has 1 aliphatic carbocycles. The van der Waals surface area contributed by atoms with Crippen molar-refractivity contribution >= 4 is 21.7 Å². The van der Waals surface area contributed by atoms with Crippen LogP contribution >= 0.6 is 15.9 Å². The predicted octanol–water partition coefficient (Wildman–Crippen LogP) is 1.43. The van der Waals surface area contributed by atoms with E-state index in [4.69, 9.17) is 0 Å². The number of aromatic amines is 1. The van der Waals surface area contributed by atoms with Crippen molar-refractivity contribution in [1.82, 2.24) is 14.9 Å². The van der Waals surface area contributed by atoms with Crippen molar-refractivity contribution in [2.45, 2.75) is 25.8 Å². The lowest BCUT2D eigenvalue weighted by molar-refractivity contribution is 0.289. The summed E-state index contributed by atoms with van der Waals surface area (Å²) >= 11 is 3.22. The molecule has 1 aliphatic rings. The van der Waals surface area contributed by atoms with E-state index in [0.717, 1.165) is 25.7 Å². The number of hydrogen-bond donors (Lipinski definition) is 2. The summed E-state index contributed by atoms with van der Waals surface area (Å²) in [7, 11) is 0. The van der Waals surface area contributed by atoms with E-state index in [1.165, 1.54) is 19.2 Å². The molecule has 1 aromatic heterocycles. The third-order valence-corrected chi connectivity index (χ3v) is 3.69. The molecule has 17 heavy (non-hydrogen) atoms. The molecular formula is C11H17BrN4O. The Labute approximate surface area is 109 Å². The van der Waals surface area contributed by atoms with Crippen LogP contribution in [-0.4, -0.2) is 40.5 Å². The summed E-state index contributed by atoms with van der Waals surface area (Å²) in [6, 6.07) is 0.775. The zero-order valence-electron chi connectivity index (χ0n) is 9.87. The van der Waals surface area contributed by atoms with E-state index >= 15 is 0 Å². The van der Waals surface area contributed by atoms with Gasteiger partial charge in [0.05, 0.1) is 6.33 Å². The maximum absolute atomic E-state index is 11.3. The van der Waals surface area contributed by atoms with Crippen molar-refractivity contribution in [3.8, 4) is 0 Å². The molecule has 0 saturated heterocycles. The SMILES string of the molecule is CCN(CCNc1nc[nH]c(=O)c1Br)C1CC1. The van der Waals surface area contributed by atoms with Gasteiger partial charge in [-0.1, -0.05) is 6.92 Å². The van der Waals surface area contributed by atoms with Gasteiger partial charge in [-0.3, -0.25) is 9.69 Å². The minimum Gasteiger partial charge on any atom is -0.368 e. The van der Waals surface area contributed by atoms with Gasteiger partial charge < -0.3 is 10.3 Å². The lowest BCUT2D eigenvalue weighted by Crippen LogP contribution is -2.31. The number of aromatic nitrogens is 2. The molecule has 0 atom stereocenters. The number of rotatable bonds is 6. The molecular weight excluding hydrogens is 284 g/mol. The minimum atomic E-state index is -0.156. The second kappa shape index (κ2) is 5.64. The predicted molar refractivity (Wildman–Crippen MR) is 71.3 cm³/mol. The smallest absolute Gasteiger partial charge is 0.267 e. The molecule has 1 heterocycles. The first-order valence-corrected chi connectivity index (χ1v) is 6.72. The van der Waals surface area contributed by atoms with Gasteiger partial charge in [0.15, 0.2) is 0 Å². The van der Waals surface area contributed by atoms with Gasteiger partial charge in [0, 0.05) is 19.1 Å². The van der Waals surface area contributed by atoms with Crippen molar-refractivity contribution in [2.75, 3.05) is 25.0 Å². The zero-order chi connectivity index (χ0) is 12.3. The fourth-order valence-electron chi connectivity index (χ4n) is 1.86. The summed E-state index contributed by atoms with van der Waals surface area (Å²) in [5.74, 6) is 0.612. The Bertz CT molecular complexity index is 430. The Hall–Kier alpha value is -0.880. The Morgan fingerprint density at radius 1 is 1.65 bits per heavy atom. The molecule has 1 saturated carbocycles. The number of halogens is 1. The van der Waals surface area contributed by atoms with Gasteiger partial charge in [0.2, 0.25) is 0 Å². The standard InChI is InChI=1S/C11H17BrN4O/c1-2-16(8-3-4-8)6-5-13-10-9(12)11(17)15-7-14-10/h7-8H,2-6H2,1H3,(H2,13,14,15,17). The van der Waals surface area contributed by atoms with Crippen LogP contribution in [0.15, 0.2) is 15.6 Å². The molecule has 0 amide bonds. The number of H-pyrrole nitrogens is 1. The zero-order valence-corrected chi connectivity index (χ0v) is 11.5. The Morgan fingerprint density at radius 2 is 2.41 bits per heavy atom. The fraction of sp³-hybridized carbons (Fsp3) is 0.636. The van der Waals surface area contributed by atoms with E-state index in [-0.39, 0.29) is 5.56 Å². The molecule has 2 N–H and O–H groups in total. The molecule has 0 aromatic carbocycles. The summed E-state index contributed by atoms with van der Waals surface area (Å²) in [5, 5.41) is 3.18. The van der Waals surface area contributed by atoms with Crippen LogP contribution in [0, 0.1) is 0 Å². The van der Waals surface area contributed by atoms with Crippen molar-refractivity contribution < 1.29 is 0 Å². The van der Waals surface area contributed by atoms with Crippen molar-refractivity contribution in [3.05, 3.63) is 21.2 Å². The van der Waals surface area contributed by atoms with Crippen LogP contribution in [-0.2, 0) is 0 Å². The monoisotopic (exact) mass is 300 g/mol. The molecule has 1 fully saturated rings. The molecule has 1 aromatic rings. The van der Waals surface area contributed by atoms with Crippen molar-refractivity contribution in [2.24, 2.45) is 0 Å². The van der Waals surface area contributed by atoms with Gasteiger partial charge in [-0.05, 0) is 35.3 Å². The number of likely N-dealkylation sites (N-methyl/N-ethyl adjacent to an activating group) is 1. The summed E-state index contributed by atoms with van der Waals surface area (Å²) < 4.78 is 0.467. The highest BCUT2D eigenvalue weighted by Gasteiger charge is 2.27. The second-order valence-corrected chi connectivity index (χ2v) is 4.97. The van der Waals surface area contributed by atoms with Crippen molar-refractivity contribution in [1.29, 1.82) is 0 Å². The van der Waals surface area contributed by atoms with E-state index in [0.29, 0.717) is 10.3 Å². The van der Waals surface area contributed by atoms with E-state index < -0.39 is 0 Å². The third kappa shape index (κ3) is 3.29. The van der Waals surface area contributed by atoms with Gasteiger partial charge in [0.1, 0.15) is 10.3 Å². The number of hydrogen-bond acceptors (Lipinski definition) is 4. The van der Waals surface area contributed by atoms with Crippen LogP contribution in [0.5, 0.6) is 0 Å². The summed E-state index contributed by atoms with van der Waals surface area (Å²) in [4.78, 5) is 20.4. The molecule has 0 radical (unpaired) electrons. The van der Waals surface area contributed by atoms with Crippen LogP contribution in [0.25, 0.3) is 0 Å². The highest BCUT2D eigenvalue weighted by molar-refractivity contribution is 9.10. The van der Waals surface area contributed by atoms with Gasteiger partial charge in [-0.2, -0.15) is 0 Å². The van der Waals surface area contributed by atoms with Gasteiger partial charge in [-0.15, -0.1) is 0 Å². The minimum absolute atomic E-state index is 0.156. The first-order chi connectivity index (χ1) is 8.22. The van der Waals surface area contributed by atoms with E-state index in [2.05, 4.69) is 43.0 Å². The van der Waals surface area contributed by atoms with Crippen LogP contribution in [0.3, 0.4) is 0 Å². The summed E-state index contributed by atoms with van der Waals surface area (Å²) in [6.07, 6.45) is 4.05. The Balaban J connectivity index is 1.85. The molecule has 0 spiro atoms. The van der Waals surface area contributed by atoms with E-state index in [1.807, 2.05) is 0 Å². The first kappa shape index (κ1) is 12.6. The molecule has 94 valence electrons. The van der Waals surface area contributed by atoms with Crippen LogP contribution < -0.4 is 10.9 Å². The Kier molecular flexibility index (Phi) is 4.17. The topological polar surface area (TPSA) is 61.0 Å². The highest BCUT2D eigenvalue weighted by Crippen LogP contribution is 2.26. The lowest BCUT2D eigenvalue weighted by Gasteiger charge is -2.19. The summed E-state index contributed by atoms with van der Waals surface area (Å²) in [5.41, 5.74) is -0.156. The summed E-state index contributed by atoms with van der Waals surface area (Å²) in [6.45, 7) is 5.05. The van der Waals surface area contributed by atoms with Gasteiger partial charge in [-0.25, -0.2) is 4.98 Å². The van der Waals surface area contributed by atoms with Crippen LogP contribution in [0.1, 0.15) is 19.8 Å². The average molecular weight is 301 g/mol. The molecule has 0 bridgehead atoms. The maximum Gasteiger partial charge on any atom is 0.267 e. The maximum atomic E-state index is 11.3. The molecule has 0 aliphatic heterocycles. The van der Waals surface area contributed by atoms with Gasteiger partial charge in [0.25, 0.3) is 5.56 Å². The molecule has 0 unspecified atom stereocenters. The number of nitrogens with zero attached hydrogens (tertiary/aromatic N) is 2. The van der Waals surface area contributed by atoms with Gasteiger partial charge >= 0.3 is 0 Å². The molecule has 6 heteroatoms. The van der Waals surface area contributed by atoms with E-state index in [9.17, 15) is 4.79 Å². The highest BCUT2D eigenvalue weighted by atomic mass is 79.9. The number of nitrogens with one attached hydrogen (secondary N) is 2. The Morgan fingerprint density at radius 3 is 3.06 bits per heavy atom. The molecule has 5 nitrogen and oxygen atoms in total. The first-order valence-electron chi connectivity index (χ1n) is 5.93. The quantitative estimate of drug-likeness (QED) is 0.834. The lowest BCUT2D eigenvalue weighted by atomic mass is 10.4. The average Bonchev–Trinajstić information content (AvgIpc) is 3.14. The van der Waals surface area contributed by atoms with Crippen LogP contribution in [0.2, 0.25) is 0 Å². The largest absolute Gasteiger partial charge is 0.368 e. The normalized spacial score (nSPS) is 15.2. The number of anilines is 1. The molecule has 2 rings (SSSR count). The second-order valence-electron chi connectivity index (χ2n) is 4.18.